The lowest BCUT2D eigenvalue weighted by Gasteiger charge is -2.43. The Kier molecular flexibility index (Phi) is 5.61. The molecule has 128 valence electrons. The topological polar surface area (TPSA) is 39.6 Å². The van der Waals surface area contributed by atoms with Crippen LogP contribution in [0.15, 0.2) is 54.9 Å². The van der Waals surface area contributed by atoms with Gasteiger partial charge in [0.1, 0.15) is 0 Å². The number of aromatic nitrogens is 1. The summed E-state index contributed by atoms with van der Waals surface area (Å²) < 4.78 is 0. The Bertz CT molecular complexity index is 619. The van der Waals surface area contributed by atoms with Gasteiger partial charge in [-0.25, -0.2) is 0 Å². The molecule has 3 atom stereocenters. The molecule has 0 spiro atoms. The van der Waals surface area contributed by atoms with Crippen molar-refractivity contribution in [2.45, 2.75) is 32.0 Å². The van der Waals surface area contributed by atoms with Crippen LogP contribution < -0.4 is 0 Å². The summed E-state index contributed by atoms with van der Waals surface area (Å²) >= 11 is 0. The quantitative estimate of drug-likeness (QED) is 0.917. The van der Waals surface area contributed by atoms with Gasteiger partial charge in [-0.15, -0.1) is 0 Å². The minimum Gasteiger partial charge on any atom is -0.387 e. The fraction of sp³-hybridized carbons (Fsp3) is 0.450. The lowest BCUT2D eigenvalue weighted by atomic mass is 10.0. The number of aliphatic hydroxyl groups is 1. The van der Waals surface area contributed by atoms with Crippen LogP contribution in [0.3, 0.4) is 0 Å². The third kappa shape index (κ3) is 4.01. The highest BCUT2D eigenvalue weighted by Gasteiger charge is 2.28. The summed E-state index contributed by atoms with van der Waals surface area (Å²) in [6.45, 7) is 8.20. The summed E-state index contributed by atoms with van der Waals surface area (Å²) in [4.78, 5) is 9.14. The number of hydrogen-bond acceptors (Lipinski definition) is 4. The first-order valence-corrected chi connectivity index (χ1v) is 8.76. The Morgan fingerprint density at radius 1 is 1.12 bits per heavy atom. The molecule has 2 aromatic rings. The normalized spacial score (nSPS) is 22.2. The van der Waals surface area contributed by atoms with Crippen molar-refractivity contribution in [3.05, 3.63) is 66.0 Å². The van der Waals surface area contributed by atoms with Crippen molar-refractivity contribution in [1.29, 1.82) is 0 Å². The molecule has 1 aliphatic rings. The molecule has 4 heteroatoms. The van der Waals surface area contributed by atoms with E-state index in [0.717, 1.165) is 25.2 Å². The molecule has 3 unspecified atom stereocenters. The van der Waals surface area contributed by atoms with Crippen molar-refractivity contribution in [3.63, 3.8) is 0 Å². The minimum absolute atomic E-state index is 0.377. The van der Waals surface area contributed by atoms with Gasteiger partial charge in [0.15, 0.2) is 0 Å². The standard InChI is InChI=1S/C20H27N3O/c1-16-14-23(17(2)19-9-6-10-21-13-19)12-11-22(16)15-20(24)18-7-4-3-5-8-18/h3-10,13,16-17,20,24H,11-12,14-15H2,1-2H3. The van der Waals surface area contributed by atoms with E-state index in [1.165, 1.54) is 5.56 Å². The summed E-state index contributed by atoms with van der Waals surface area (Å²) in [5, 5.41) is 10.5. The lowest BCUT2D eigenvalue weighted by Crippen LogP contribution is -2.53. The Balaban J connectivity index is 1.57. The second-order valence-electron chi connectivity index (χ2n) is 6.73. The minimum atomic E-state index is -0.420. The van der Waals surface area contributed by atoms with E-state index in [1.807, 2.05) is 48.8 Å². The van der Waals surface area contributed by atoms with Crippen molar-refractivity contribution >= 4 is 0 Å². The maximum Gasteiger partial charge on any atom is 0.0917 e. The van der Waals surface area contributed by atoms with Gasteiger partial charge in [-0.05, 0) is 31.0 Å². The summed E-state index contributed by atoms with van der Waals surface area (Å²) in [7, 11) is 0. The summed E-state index contributed by atoms with van der Waals surface area (Å²) in [6, 6.07) is 14.9. The molecular formula is C20H27N3O. The Hall–Kier alpha value is -1.75. The van der Waals surface area contributed by atoms with Crippen LogP contribution >= 0.6 is 0 Å². The van der Waals surface area contributed by atoms with Crippen LogP contribution in [0, 0.1) is 0 Å². The van der Waals surface area contributed by atoms with Crippen LogP contribution in [0.25, 0.3) is 0 Å². The van der Waals surface area contributed by atoms with E-state index in [2.05, 4.69) is 34.7 Å². The van der Waals surface area contributed by atoms with E-state index >= 15 is 0 Å². The zero-order valence-corrected chi connectivity index (χ0v) is 14.5. The van der Waals surface area contributed by atoms with Crippen molar-refractivity contribution in [2.75, 3.05) is 26.2 Å². The smallest absolute Gasteiger partial charge is 0.0917 e. The molecule has 0 aliphatic carbocycles. The van der Waals surface area contributed by atoms with Gasteiger partial charge in [-0.2, -0.15) is 0 Å². The summed E-state index contributed by atoms with van der Waals surface area (Å²) in [6.07, 6.45) is 3.36. The fourth-order valence-electron chi connectivity index (χ4n) is 3.48. The molecule has 1 saturated heterocycles. The highest BCUT2D eigenvalue weighted by molar-refractivity contribution is 5.18. The third-order valence-electron chi connectivity index (χ3n) is 5.10. The number of hydrogen-bond donors (Lipinski definition) is 1. The summed E-state index contributed by atoms with van der Waals surface area (Å²) in [5.41, 5.74) is 2.26. The zero-order chi connectivity index (χ0) is 16.9. The Morgan fingerprint density at radius 2 is 1.88 bits per heavy atom. The van der Waals surface area contributed by atoms with Crippen LogP contribution in [-0.4, -0.2) is 52.1 Å². The highest BCUT2D eigenvalue weighted by atomic mass is 16.3. The SMILES string of the molecule is CC1CN(C(C)c2cccnc2)CCN1CC(O)c1ccccc1. The number of nitrogens with zero attached hydrogens (tertiary/aromatic N) is 3. The predicted molar refractivity (Wildman–Crippen MR) is 96.7 cm³/mol. The molecule has 1 N–H and O–H groups in total. The van der Waals surface area contributed by atoms with Gasteiger partial charge in [0, 0.05) is 50.7 Å². The van der Waals surface area contributed by atoms with E-state index in [0.29, 0.717) is 18.6 Å². The molecule has 24 heavy (non-hydrogen) atoms. The van der Waals surface area contributed by atoms with E-state index in [9.17, 15) is 5.11 Å². The van der Waals surface area contributed by atoms with Crippen LogP contribution in [0.2, 0.25) is 0 Å². The molecule has 4 nitrogen and oxygen atoms in total. The number of pyridine rings is 1. The monoisotopic (exact) mass is 325 g/mol. The van der Waals surface area contributed by atoms with Gasteiger partial charge in [0.2, 0.25) is 0 Å². The van der Waals surface area contributed by atoms with Gasteiger partial charge >= 0.3 is 0 Å². The summed E-state index contributed by atoms with van der Waals surface area (Å²) in [5.74, 6) is 0. The molecule has 0 amide bonds. The van der Waals surface area contributed by atoms with Crippen molar-refractivity contribution in [3.8, 4) is 0 Å². The van der Waals surface area contributed by atoms with Gasteiger partial charge in [0.25, 0.3) is 0 Å². The first kappa shape index (κ1) is 17.1. The second kappa shape index (κ2) is 7.88. The molecule has 2 heterocycles. The number of rotatable bonds is 5. The van der Waals surface area contributed by atoms with Gasteiger partial charge < -0.3 is 5.11 Å². The fourth-order valence-corrected chi connectivity index (χ4v) is 3.48. The molecular weight excluding hydrogens is 298 g/mol. The maximum atomic E-state index is 10.5. The predicted octanol–water partition coefficient (Wildman–Crippen LogP) is 2.88. The van der Waals surface area contributed by atoms with Gasteiger partial charge in [-0.1, -0.05) is 36.4 Å². The average Bonchev–Trinajstić information content (AvgIpc) is 2.64. The van der Waals surface area contributed by atoms with E-state index < -0.39 is 6.10 Å². The van der Waals surface area contributed by atoms with E-state index in [-0.39, 0.29) is 0 Å². The zero-order valence-electron chi connectivity index (χ0n) is 14.5. The van der Waals surface area contributed by atoms with E-state index in [1.54, 1.807) is 0 Å². The molecule has 1 aliphatic heterocycles. The molecule has 0 bridgehead atoms. The number of aliphatic hydroxyl groups excluding tert-OH is 1. The molecule has 3 rings (SSSR count). The van der Waals surface area contributed by atoms with Gasteiger partial charge in [0.05, 0.1) is 6.10 Å². The van der Waals surface area contributed by atoms with Crippen LogP contribution in [-0.2, 0) is 0 Å². The van der Waals surface area contributed by atoms with Crippen LogP contribution in [0.4, 0.5) is 0 Å². The number of β-amino-alcohol motifs (C(OH)–C–C–N with tert-alkyl or cyclic N) is 1. The maximum absolute atomic E-state index is 10.5. The van der Waals surface area contributed by atoms with Crippen molar-refractivity contribution < 1.29 is 5.11 Å². The molecule has 1 aromatic carbocycles. The lowest BCUT2D eigenvalue weighted by molar-refractivity contribution is 0.0252. The molecule has 1 fully saturated rings. The first-order chi connectivity index (χ1) is 11.6. The largest absolute Gasteiger partial charge is 0.387 e. The van der Waals surface area contributed by atoms with Crippen LogP contribution in [0.1, 0.15) is 37.1 Å². The molecule has 1 aromatic heterocycles. The van der Waals surface area contributed by atoms with Crippen LogP contribution in [0.5, 0.6) is 0 Å². The number of benzene rings is 1. The highest BCUT2D eigenvalue weighted by Crippen LogP contribution is 2.24. The Labute approximate surface area is 144 Å². The molecule has 0 radical (unpaired) electrons. The van der Waals surface area contributed by atoms with Crippen molar-refractivity contribution in [2.24, 2.45) is 0 Å². The second-order valence-corrected chi connectivity index (χ2v) is 6.73. The third-order valence-corrected chi connectivity index (χ3v) is 5.10. The van der Waals surface area contributed by atoms with E-state index in [4.69, 9.17) is 0 Å². The van der Waals surface area contributed by atoms with Gasteiger partial charge in [-0.3, -0.25) is 14.8 Å². The van der Waals surface area contributed by atoms with Crippen molar-refractivity contribution in [1.82, 2.24) is 14.8 Å². The average molecular weight is 325 g/mol. The first-order valence-electron chi connectivity index (χ1n) is 8.76. The molecule has 0 saturated carbocycles. The Morgan fingerprint density at radius 3 is 2.54 bits per heavy atom. The number of piperazine rings is 1.